The number of carbonyl (C=O) groups excluding carboxylic acids is 1. The molecule has 1 aliphatic rings. The SMILES string of the molecule is O=C(O)C(CNC(=O)N1CCCc2ccccc21)Cc1ccccc1. The van der Waals surface area contributed by atoms with Crippen LogP contribution in [0, 0.1) is 5.92 Å². The van der Waals surface area contributed by atoms with Gasteiger partial charge in [-0.3, -0.25) is 9.69 Å². The minimum absolute atomic E-state index is 0.113. The molecule has 0 radical (unpaired) electrons. The lowest BCUT2D eigenvalue weighted by Crippen LogP contribution is -2.45. The number of amides is 2. The molecule has 0 bridgehead atoms. The fraction of sp³-hybridized carbons (Fsp3) is 0.300. The van der Waals surface area contributed by atoms with Gasteiger partial charge >= 0.3 is 12.0 Å². The summed E-state index contributed by atoms with van der Waals surface area (Å²) in [4.78, 5) is 25.8. The zero-order valence-electron chi connectivity index (χ0n) is 14.0. The Morgan fingerprint density at radius 3 is 2.56 bits per heavy atom. The third kappa shape index (κ3) is 4.18. The molecule has 2 aromatic rings. The zero-order chi connectivity index (χ0) is 17.6. The average Bonchev–Trinajstić information content (AvgIpc) is 2.65. The topological polar surface area (TPSA) is 69.6 Å². The average molecular weight is 338 g/mol. The van der Waals surface area contributed by atoms with Crippen LogP contribution in [0.4, 0.5) is 10.5 Å². The van der Waals surface area contributed by atoms with Gasteiger partial charge in [0.05, 0.1) is 5.92 Å². The van der Waals surface area contributed by atoms with Crippen LogP contribution in [0.15, 0.2) is 54.6 Å². The molecule has 2 amide bonds. The van der Waals surface area contributed by atoms with E-state index in [1.54, 1.807) is 4.90 Å². The van der Waals surface area contributed by atoms with Gasteiger partial charge in [0.25, 0.3) is 0 Å². The van der Waals surface area contributed by atoms with E-state index in [4.69, 9.17) is 0 Å². The lowest BCUT2D eigenvalue weighted by molar-refractivity contribution is -0.141. The van der Waals surface area contributed by atoms with E-state index in [1.807, 2.05) is 54.6 Å². The van der Waals surface area contributed by atoms with Gasteiger partial charge in [0.15, 0.2) is 0 Å². The number of aliphatic carboxylic acids is 1. The molecular weight excluding hydrogens is 316 g/mol. The van der Waals surface area contributed by atoms with Crippen LogP contribution in [-0.4, -0.2) is 30.2 Å². The number of carboxylic acids is 1. The standard InChI is InChI=1S/C20H22N2O3/c23-19(24)17(13-15-7-2-1-3-8-15)14-21-20(25)22-12-6-10-16-9-4-5-11-18(16)22/h1-5,7-9,11,17H,6,10,12-14H2,(H,21,25)(H,23,24). The van der Waals surface area contributed by atoms with Crippen molar-refractivity contribution in [2.75, 3.05) is 18.0 Å². The monoisotopic (exact) mass is 338 g/mol. The van der Waals surface area contributed by atoms with Crippen molar-refractivity contribution in [3.63, 3.8) is 0 Å². The van der Waals surface area contributed by atoms with Gasteiger partial charge in [-0.25, -0.2) is 4.79 Å². The Morgan fingerprint density at radius 1 is 1.08 bits per heavy atom. The third-order valence-electron chi connectivity index (χ3n) is 4.53. The van der Waals surface area contributed by atoms with E-state index in [0.717, 1.165) is 29.7 Å². The van der Waals surface area contributed by atoms with Gasteiger partial charge in [0.2, 0.25) is 0 Å². The normalized spacial score (nSPS) is 14.5. The molecule has 0 spiro atoms. The first-order valence-electron chi connectivity index (χ1n) is 8.55. The summed E-state index contributed by atoms with van der Waals surface area (Å²) in [5, 5.41) is 12.3. The van der Waals surface area contributed by atoms with Crippen molar-refractivity contribution < 1.29 is 14.7 Å². The molecule has 5 nitrogen and oxygen atoms in total. The number of urea groups is 1. The van der Waals surface area contributed by atoms with Crippen LogP contribution >= 0.6 is 0 Å². The summed E-state index contributed by atoms with van der Waals surface area (Å²) in [5.41, 5.74) is 3.02. The summed E-state index contributed by atoms with van der Waals surface area (Å²) in [6, 6.07) is 17.1. The molecule has 3 rings (SSSR count). The highest BCUT2D eigenvalue weighted by Gasteiger charge is 2.24. The van der Waals surface area contributed by atoms with Crippen LogP contribution in [0.5, 0.6) is 0 Å². The number of anilines is 1. The molecule has 1 atom stereocenters. The minimum atomic E-state index is -0.900. The number of carboxylic acid groups (broad SMARTS) is 1. The van der Waals surface area contributed by atoms with Gasteiger partial charge in [-0.1, -0.05) is 48.5 Å². The maximum Gasteiger partial charge on any atom is 0.321 e. The van der Waals surface area contributed by atoms with Crippen LogP contribution in [0.1, 0.15) is 17.5 Å². The molecule has 0 saturated heterocycles. The maximum absolute atomic E-state index is 12.6. The Balaban J connectivity index is 1.63. The smallest absolute Gasteiger partial charge is 0.321 e. The first-order chi connectivity index (χ1) is 12.1. The van der Waals surface area contributed by atoms with Crippen LogP contribution in [-0.2, 0) is 17.6 Å². The largest absolute Gasteiger partial charge is 0.481 e. The van der Waals surface area contributed by atoms with E-state index < -0.39 is 11.9 Å². The number of fused-ring (bicyclic) bond motifs is 1. The van der Waals surface area contributed by atoms with Gasteiger partial charge in [-0.15, -0.1) is 0 Å². The Morgan fingerprint density at radius 2 is 1.80 bits per heavy atom. The van der Waals surface area contributed by atoms with Gasteiger partial charge in [0, 0.05) is 18.8 Å². The van der Waals surface area contributed by atoms with Crippen molar-refractivity contribution in [2.24, 2.45) is 5.92 Å². The molecular formula is C20H22N2O3. The number of carbonyl (C=O) groups is 2. The van der Waals surface area contributed by atoms with Crippen molar-refractivity contribution in [1.82, 2.24) is 5.32 Å². The molecule has 1 aliphatic heterocycles. The number of nitrogens with one attached hydrogen (secondary N) is 1. The van der Waals surface area contributed by atoms with Crippen molar-refractivity contribution in [3.8, 4) is 0 Å². The number of benzene rings is 2. The second-order valence-electron chi connectivity index (χ2n) is 6.29. The molecule has 0 aromatic heterocycles. The highest BCUT2D eigenvalue weighted by molar-refractivity contribution is 5.93. The van der Waals surface area contributed by atoms with Crippen LogP contribution < -0.4 is 10.2 Å². The van der Waals surface area contributed by atoms with Gasteiger partial charge in [-0.2, -0.15) is 0 Å². The summed E-state index contributed by atoms with van der Waals surface area (Å²) in [6.45, 7) is 0.765. The van der Waals surface area contributed by atoms with Crippen molar-refractivity contribution in [3.05, 3.63) is 65.7 Å². The molecule has 5 heteroatoms. The molecule has 2 N–H and O–H groups in total. The summed E-state index contributed by atoms with van der Waals surface area (Å²) in [5.74, 6) is -1.55. The molecule has 2 aromatic carbocycles. The second-order valence-corrected chi connectivity index (χ2v) is 6.29. The molecule has 0 fully saturated rings. The first kappa shape index (κ1) is 17.0. The lowest BCUT2D eigenvalue weighted by Gasteiger charge is -2.30. The Labute approximate surface area is 147 Å². The van der Waals surface area contributed by atoms with Crippen molar-refractivity contribution in [1.29, 1.82) is 0 Å². The Bertz CT molecular complexity index is 746. The fourth-order valence-electron chi connectivity index (χ4n) is 3.20. The van der Waals surface area contributed by atoms with Gasteiger partial charge in [0.1, 0.15) is 0 Å². The number of hydrogen-bond acceptors (Lipinski definition) is 2. The van der Waals surface area contributed by atoms with E-state index in [0.29, 0.717) is 13.0 Å². The summed E-state index contributed by atoms with van der Waals surface area (Å²) >= 11 is 0. The number of rotatable bonds is 5. The van der Waals surface area contributed by atoms with Crippen LogP contribution in [0.2, 0.25) is 0 Å². The van der Waals surface area contributed by atoms with Gasteiger partial charge in [-0.05, 0) is 36.5 Å². The number of hydrogen-bond donors (Lipinski definition) is 2. The number of aryl methyl sites for hydroxylation is 1. The Hall–Kier alpha value is -2.82. The van der Waals surface area contributed by atoms with E-state index >= 15 is 0 Å². The third-order valence-corrected chi connectivity index (χ3v) is 4.53. The van der Waals surface area contributed by atoms with Crippen LogP contribution in [0.25, 0.3) is 0 Å². The summed E-state index contributed by atoms with van der Waals surface area (Å²) in [7, 11) is 0. The summed E-state index contributed by atoms with van der Waals surface area (Å²) in [6.07, 6.45) is 2.27. The zero-order valence-corrected chi connectivity index (χ0v) is 14.0. The highest BCUT2D eigenvalue weighted by atomic mass is 16.4. The number of para-hydroxylation sites is 1. The first-order valence-corrected chi connectivity index (χ1v) is 8.55. The summed E-state index contributed by atoms with van der Waals surface area (Å²) < 4.78 is 0. The molecule has 25 heavy (non-hydrogen) atoms. The van der Waals surface area contributed by atoms with E-state index in [1.165, 1.54) is 0 Å². The van der Waals surface area contributed by atoms with Crippen molar-refractivity contribution in [2.45, 2.75) is 19.3 Å². The molecule has 0 saturated carbocycles. The molecule has 130 valence electrons. The second kappa shape index (κ2) is 7.83. The predicted molar refractivity (Wildman–Crippen MR) is 96.8 cm³/mol. The molecule has 0 aliphatic carbocycles. The predicted octanol–water partition coefficient (Wildman–Crippen LogP) is 3.09. The van der Waals surface area contributed by atoms with Crippen LogP contribution in [0.3, 0.4) is 0 Å². The van der Waals surface area contributed by atoms with E-state index in [2.05, 4.69) is 5.32 Å². The minimum Gasteiger partial charge on any atom is -0.481 e. The Kier molecular flexibility index (Phi) is 5.33. The molecule has 1 unspecified atom stereocenters. The fourth-order valence-corrected chi connectivity index (χ4v) is 3.20. The van der Waals surface area contributed by atoms with E-state index in [-0.39, 0.29) is 12.6 Å². The van der Waals surface area contributed by atoms with Crippen molar-refractivity contribution >= 4 is 17.7 Å². The molecule has 1 heterocycles. The highest BCUT2D eigenvalue weighted by Crippen LogP contribution is 2.26. The lowest BCUT2D eigenvalue weighted by atomic mass is 9.99. The van der Waals surface area contributed by atoms with Gasteiger partial charge < -0.3 is 10.4 Å². The van der Waals surface area contributed by atoms with E-state index in [9.17, 15) is 14.7 Å². The maximum atomic E-state index is 12.6. The number of nitrogens with zero attached hydrogens (tertiary/aromatic N) is 1. The quantitative estimate of drug-likeness (QED) is 0.880.